The number of carbonyl (C=O) groups is 2. The molecule has 1 spiro atoms. The number of aromatic nitrogens is 1. The molecule has 0 radical (unpaired) electrons. The van der Waals surface area contributed by atoms with Gasteiger partial charge in [-0.1, -0.05) is 12.8 Å². The van der Waals surface area contributed by atoms with Gasteiger partial charge in [0.1, 0.15) is 17.5 Å². The summed E-state index contributed by atoms with van der Waals surface area (Å²) in [6.45, 7) is -0.176. The molecule has 1 aromatic heterocycles. The zero-order chi connectivity index (χ0) is 15.0. The molecule has 0 bridgehead atoms. The third-order valence-electron chi connectivity index (χ3n) is 4.15. The van der Waals surface area contributed by atoms with Gasteiger partial charge in [0.15, 0.2) is 0 Å². The van der Waals surface area contributed by atoms with Gasteiger partial charge in [0.25, 0.3) is 5.91 Å². The van der Waals surface area contributed by atoms with Crippen molar-refractivity contribution < 1.29 is 19.1 Å². The summed E-state index contributed by atoms with van der Waals surface area (Å²) in [7, 11) is 0. The maximum atomic E-state index is 12.8. The van der Waals surface area contributed by atoms with Crippen molar-refractivity contribution in [3.63, 3.8) is 0 Å². The highest BCUT2D eigenvalue weighted by atomic mass is 19.1. The molecule has 3 amide bonds. The lowest BCUT2D eigenvalue weighted by atomic mass is 9.98. The van der Waals surface area contributed by atoms with Gasteiger partial charge in [-0.2, -0.15) is 0 Å². The van der Waals surface area contributed by atoms with Gasteiger partial charge in [-0.25, -0.2) is 9.18 Å². The van der Waals surface area contributed by atoms with Crippen molar-refractivity contribution in [1.29, 1.82) is 0 Å². The molecule has 1 saturated carbocycles. The number of hydrogen-bond donors (Lipinski definition) is 2. The predicted molar refractivity (Wildman–Crippen MR) is 70.6 cm³/mol. The van der Waals surface area contributed by atoms with Crippen molar-refractivity contribution in [2.24, 2.45) is 0 Å². The number of imide groups is 1. The van der Waals surface area contributed by atoms with Gasteiger partial charge in [0, 0.05) is 0 Å². The summed E-state index contributed by atoms with van der Waals surface area (Å²) in [6, 6.07) is 2.03. The van der Waals surface area contributed by atoms with Gasteiger partial charge in [-0.05, 0) is 25.0 Å². The van der Waals surface area contributed by atoms with Crippen LogP contribution in [0.25, 0.3) is 0 Å². The maximum Gasteiger partial charge on any atom is 0.325 e. The summed E-state index contributed by atoms with van der Waals surface area (Å²) < 4.78 is 12.8. The Balaban J connectivity index is 1.74. The second-order valence-electron chi connectivity index (χ2n) is 5.55. The molecule has 21 heavy (non-hydrogen) atoms. The molecule has 0 aromatic carbocycles. The molecule has 2 N–H and O–H groups in total. The third-order valence-corrected chi connectivity index (χ3v) is 4.15. The Morgan fingerprint density at radius 3 is 2.71 bits per heavy atom. The van der Waals surface area contributed by atoms with Crippen molar-refractivity contribution in [2.75, 3.05) is 6.54 Å². The van der Waals surface area contributed by atoms with E-state index in [0.29, 0.717) is 12.8 Å². The normalized spacial score (nSPS) is 21.9. The Kier molecular flexibility index (Phi) is 3.36. The van der Waals surface area contributed by atoms with Crippen LogP contribution in [0.1, 0.15) is 37.5 Å². The number of nitrogens with zero attached hydrogens (tertiary/aromatic N) is 2. The largest absolute Gasteiger partial charge is 0.385 e. The summed E-state index contributed by atoms with van der Waals surface area (Å²) in [4.78, 5) is 29.2. The summed E-state index contributed by atoms with van der Waals surface area (Å²) in [5.74, 6) is -0.794. The van der Waals surface area contributed by atoms with E-state index in [-0.39, 0.29) is 18.1 Å². The van der Waals surface area contributed by atoms with E-state index >= 15 is 0 Å². The lowest BCUT2D eigenvalue weighted by Gasteiger charge is -2.21. The molecule has 2 heterocycles. The van der Waals surface area contributed by atoms with E-state index in [9.17, 15) is 19.1 Å². The van der Waals surface area contributed by atoms with Crippen molar-refractivity contribution in [3.05, 3.63) is 29.8 Å². The van der Waals surface area contributed by atoms with Gasteiger partial charge in [0.2, 0.25) is 0 Å². The molecule has 1 aromatic rings. The molecular formula is C14H16FN3O3. The number of rotatable bonds is 3. The Morgan fingerprint density at radius 2 is 2.10 bits per heavy atom. The molecule has 1 saturated heterocycles. The third kappa shape index (κ3) is 2.37. The Bertz CT molecular complexity index is 569. The monoisotopic (exact) mass is 293 g/mol. The highest BCUT2D eigenvalue weighted by Gasteiger charge is 2.52. The summed E-state index contributed by atoms with van der Waals surface area (Å²) in [6.07, 6.45) is 2.95. The van der Waals surface area contributed by atoms with Gasteiger partial charge >= 0.3 is 6.03 Å². The average molecular weight is 293 g/mol. The SMILES string of the molecule is O=C1NC2(CCCC2)C(=O)N1CC(O)c1ccc(F)cn1. The second kappa shape index (κ2) is 5.07. The molecule has 1 unspecified atom stereocenters. The molecule has 3 rings (SSSR count). The first-order chi connectivity index (χ1) is 10.0. The molecule has 2 aliphatic rings. The highest BCUT2D eigenvalue weighted by molar-refractivity contribution is 6.07. The zero-order valence-corrected chi connectivity index (χ0v) is 11.4. The van der Waals surface area contributed by atoms with Gasteiger partial charge in [-0.3, -0.25) is 14.7 Å². The highest BCUT2D eigenvalue weighted by Crippen LogP contribution is 2.35. The second-order valence-corrected chi connectivity index (χ2v) is 5.55. The van der Waals surface area contributed by atoms with Crippen LogP contribution in [0.2, 0.25) is 0 Å². The van der Waals surface area contributed by atoms with E-state index in [1.54, 1.807) is 0 Å². The maximum absolute atomic E-state index is 12.8. The van der Waals surface area contributed by atoms with Crippen LogP contribution >= 0.6 is 0 Å². The van der Waals surface area contributed by atoms with E-state index in [0.717, 1.165) is 23.9 Å². The van der Waals surface area contributed by atoms with Gasteiger partial charge < -0.3 is 10.4 Å². The van der Waals surface area contributed by atoms with Gasteiger partial charge in [-0.15, -0.1) is 0 Å². The Morgan fingerprint density at radius 1 is 1.38 bits per heavy atom. The van der Waals surface area contributed by atoms with Crippen LogP contribution in [0, 0.1) is 5.82 Å². The number of carbonyl (C=O) groups excluding carboxylic acids is 2. The fourth-order valence-corrected chi connectivity index (χ4v) is 3.01. The topological polar surface area (TPSA) is 82.5 Å². The molecule has 6 nitrogen and oxygen atoms in total. The summed E-state index contributed by atoms with van der Waals surface area (Å²) in [5.41, 5.74) is -0.558. The van der Waals surface area contributed by atoms with Crippen LogP contribution < -0.4 is 5.32 Å². The van der Waals surface area contributed by atoms with Gasteiger partial charge in [0.05, 0.1) is 18.4 Å². The minimum absolute atomic E-state index is 0.176. The van der Waals surface area contributed by atoms with Crippen molar-refractivity contribution >= 4 is 11.9 Å². The van der Waals surface area contributed by atoms with E-state index in [4.69, 9.17) is 0 Å². The van der Waals surface area contributed by atoms with E-state index < -0.39 is 23.5 Å². The quantitative estimate of drug-likeness (QED) is 0.818. The first-order valence-electron chi connectivity index (χ1n) is 6.95. The van der Waals surface area contributed by atoms with Crippen molar-refractivity contribution in [1.82, 2.24) is 15.2 Å². The Hall–Kier alpha value is -2.02. The summed E-state index contributed by atoms with van der Waals surface area (Å²) >= 11 is 0. The number of pyridine rings is 1. The predicted octanol–water partition coefficient (Wildman–Crippen LogP) is 1.12. The van der Waals surface area contributed by atoms with E-state index in [1.807, 2.05) is 0 Å². The molecule has 1 atom stereocenters. The number of nitrogens with one attached hydrogen (secondary N) is 1. The minimum Gasteiger partial charge on any atom is -0.385 e. The molecule has 1 aliphatic carbocycles. The zero-order valence-electron chi connectivity index (χ0n) is 11.4. The Labute approximate surface area is 121 Å². The van der Waals surface area contributed by atoms with Crippen LogP contribution in [0.5, 0.6) is 0 Å². The van der Waals surface area contributed by atoms with Crippen LogP contribution in [0.15, 0.2) is 18.3 Å². The van der Waals surface area contributed by atoms with E-state index in [1.165, 1.54) is 12.1 Å². The minimum atomic E-state index is -1.13. The number of aliphatic hydroxyl groups is 1. The van der Waals surface area contributed by atoms with Crippen molar-refractivity contribution in [3.8, 4) is 0 Å². The number of aliphatic hydroxyl groups excluding tert-OH is 1. The first-order valence-corrected chi connectivity index (χ1v) is 6.95. The molecule has 112 valence electrons. The van der Waals surface area contributed by atoms with Crippen molar-refractivity contribution in [2.45, 2.75) is 37.3 Å². The van der Waals surface area contributed by atoms with Crippen LogP contribution in [0.3, 0.4) is 0 Å². The number of β-amino-alcohol motifs (C(OH)–C–C–N with tert-alkyl or cyclic N) is 1. The molecule has 1 aliphatic heterocycles. The fourth-order valence-electron chi connectivity index (χ4n) is 3.01. The van der Waals surface area contributed by atoms with Crippen LogP contribution in [-0.4, -0.2) is 39.0 Å². The smallest absolute Gasteiger partial charge is 0.325 e. The number of amides is 3. The first kappa shape index (κ1) is 13.9. The molecule has 2 fully saturated rings. The lowest BCUT2D eigenvalue weighted by Crippen LogP contribution is -2.44. The number of hydrogen-bond acceptors (Lipinski definition) is 4. The fraction of sp³-hybridized carbons (Fsp3) is 0.500. The summed E-state index contributed by atoms with van der Waals surface area (Å²) in [5, 5.41) is 12.8. The molecular weight excluding hydrogens is 277 g/mol. The standard InChI is InChI=1S/C14H16FN3O3/c15-9-3-4-10(16-7-9)11(19)8-18-12(20)14(17-13(18)21)5-1-2-6-14/h3-4,7,11,19H,1-2,5-6,8H2,(H,17,21). The lowest BCUT2D eigenvalue weighted by molar-refractivity contribution is -0.132. The number of halogens is 1. The average Bonchev–Trinajstić information content (AvgIpc) is 3.01. The van der Waals surface area contributed by atoms with Crippen LogP contribution in [0.4, 0.5) is 9.18 Å². The van der Waals surface area contributed by atoms with E-state index in [2.05, 4.69) is 10.3 Å². The van der Waals surface area contributed by atoms with Crippen LogP contribution in [-0.2, 0) is 4.79 Å². The molecule has 7 heteroatoms. The number of urea groups is 1.